The van der Waals surface area contributed by atoms with E-state index in [-0.39, 0.29) is 6.09 Å². The summed E-state index contributed by atoms with van der Waals surface area (Å²) in [5.74, 6) is 0. The van der Waals surface area contributed by atoms with Gasteiger partial charge in [0.2, 0.25) is 0 Å². The van der Waals surface area contributed by atoms with Crippen LogP contribution in [-0.4, -0.2) is 47.1 Å². The molecule has 1 aliphatic rings. The number of amides is 1. The zero-order chi connectivity index (χ0) is 17.2. The first kappa shape index (κ1) is 17.1. The molecule has 0 N–H and O–H groups in total. The predicted octanol–water partition coefficient (Wildman–Crippen LogP) is 4.40. The SMILES string of the molecule is CC(C)(C)OC(=O)N1CCN(Sc2ccc3ccccc3c2)CC1. The lowest BCUT2D eigenvalue weighted by Gasteiger charge is -2.34. The Balaban J connectivity index is 1.55. The minimum absolute atomic E-state index is 0.210. The van der Waals surface area contributed by atoms with Gasteiger partial charge in [-0.15, -0.1) is 0 Å². The molecule has 1 amide bonds. The zero-order valence-corrected chi connectivity index (χ0v) is 15.3. The third kappa shape index (κ3) is 4.42. The van der Waals surface area contributed by atoms with Crippen LogP contribution in [0.5, 0.6) is 0 Å². The van der Waals surface area contributed by atoms with Crippen molar-refractivity contribution in [1.29, 1.82) is 0 Å². The molecule has 0 atom stereocenters. The number of carbonyl (C=O) groups is 1. The van der Waals surface area contributed by atoms with E-state index in [4.69, 9.17) is 4.74 Å². The first-order valence-corrected chi connectivity index (χ1v) is 9.08. The van der Waals surface area contributed by atoms with Crippen LogP contribution in [-0.2, 0) is 4.74 Å². The summed E-state index contributed by atoms with van der Waals surface area (Å²) >= 11 is 1.76. The van der Waals surface area contributed by atoms with E-state index >= 15 is 0 Å². The van der Waals surface area contributed by atoms with Crippen LogP contribution in [0.2, 0.25) is 0 Å². The third-order valence-electron chi connectivity index (χ3n) is 3.85. The zero-order valence-electron chi connectivity index (χ0n) is 14.5. The van der Waals surface area contributed by atoms with Crippen LogP contribution in [0, 0.1) is 0 Å². The van der Waals surface area contributed by atoms with Gasteiger partial charge in [0, 0.05) is 31.1 Å². The minimum atomic E-state index is -0.436. The Hall–Kier alpha value is -1.72. The molecular formula is C19H24N2O2S. The van der Waals surface area contributed by atoms with Crippen molar-refractivity contribution < 1.29 is 9.53 Å². The normalized spacial score (nSPS) is 16.4. The van der Waals surface area contributed by atoms with Crippen LogP contribution in [0.15, 0.2) is 47.4 Å². The molecule has 0 radical (unpaired) electrons. The van der Waals surface area contributed by atoms with Crippen LogP contribution in [0.25, 0.3) is 10.8 Å². The van der Waals surface area contributed by atoms with Crippen molar-refractivity contribution in [3.63, 3.8) is 0 Å². The molecule has 0 aliphatic carbocycles. The number of ether oxygens (including phenoxy) is 1. The smallest absolute Gasteiger partial charge is 0.410 e. The lowest BCUT2D eigenvalue weighted by molar-refractivity contribution is 0.0197. The first-order chi connectivity index (χ1) is 11.4. The summed E-state index contributed by atoms with van der Waals surface area (Å²) < 4.78 is 7.75. The van der Waals surface area contributed by atoms with Gasteiger partial charge in [-0.25, -0.2) is 9.10 Å². The van der Waals surface area contributed by atoms with Crippen LogP contribution in [0.4, 0.5) is 4.79 Å². The van der Waals surface area contributed by atoms with Crippen LogP contribution < -0.4 is 0 Å². The second-order valence-electron chi connectivity index (χ2n) is 7.00. The Labute approximate surface area is 147 Å². The Kier molecular flexibility index (Phi) is 5.01. The predicted molar refractivity (Wildman–Crippen MR) is 99.2 cm³/mol. The highest BCUT2D eigenvalue weighted by Gasteiger charge is 2.26. The fraction of sp³-hybridized carbons (Fsp3) is 0.421. The molecule has 4 nitrogen and oxygen atoms in total. The molecule has 2 aromatic rings. The highest BCUT2D eigenvalue weighted by Crippen LogP contribution is 2.27. The van der Waals surface area contributed by atoms with Gasteiger partial charge in [0.05, 0.1) is 0 Å². The molecule has 2 aromatic carbocycles. The van der Waals surface area contributed by atoms with Crippen molar-refractivity contribution in [2.45, 2.75) is 31.3 Å². The molecule has 0 bridgehead atoms. The number of benzene rings is 2. The summed E-state index contributed by atoms with van der Waals surface area (Å²) in [5.41, 5.74) is -0.436. The topological polar surface area (TPSA) is 32.8 Å². The molecule has 128 valence electrons. The lowest BCUT2D eigenvalue weighted by Crippen LogP contribution is -2.47. The maximum atomic E-state index is 12.1. The molecule has 0 unspecified atom stereocenters. The first-order valence-electron chi connectivity index (χ1n) is 8.30. The fourth-order valence-electron chi connectivity index (χ4n) is 2.66. The van der Waals surface area contributed by atoms with Gasteiger partial charge in [-0.1, -0.05) is 30.3 Å². The van der Waals surface area contributed by atoms with E-state index < -0.39 is 5.60 Å². The van der Waals surface area contributed by atoms with Crippen molar-refractivity contribution in [2.24, 2.45) is 0 Å². The molecule has 0 saturated carbocycles. The highest BCUT2D eigenvalue weighted by molar-refractivity contribution is 7.97. The summed E-state index contributed by atoms with van der Waals surface area (Å²) in [6.45, 7) is 8.79. The minimum Gasteiger partial charge on any atom is -0.444 e. The van der Waals surface area contributed by atoms with Crippen molar-refractivity contribution in [3.8, 4) is 0 Å². The molecule has 1 fully saturated rings. The van der Waals surface area contributed by atoms with Crippen LogP contribution in [0.1, 0.15) is 20.8 Å². The molecule has 1 aliphatic heterocycles. The standard InChI is InChI=1S/C19H24N2O2S/c1-19(2,3)23-18(22)20-10-12-21(13-11-20)24-17-9-8-15-6-4-5-7-16(15)14-17/h4-9,14H,10-13H2,1-3H3. The second-order valence-corrected chi connectivity index (χ2v) is 8.17. The number of carbonyl (C=O) groups excluding carboxylic acids is 1. The summed E-state index contributed by atoms with van der Waals surface area (Å²) in [4.78, 5) is 15.1. The van der Waals surface area contributed by atoms with Gasteiger partial charge in [0.1, 0.15) is 5.60 Å². The molecule has 3 rings (SSSR count). The summed E-state index contributed by atoms with van der Waals surface area (Å²) in [7, 11) is 0. The number of fused-ring (bicyclic) bond motifs is 1. The second kappa shape index (κ2) is 7.03. The van der Waals surface area contributed by atoms with E-state index in [1.807, 2.05) is 20.8 Å². The maximum Gasteiger partial charge on any atom is 0.410 e. The summed E-state index contributed by atoms with van der Waals surface area (Å²) in [6.07, 6.45) is -0.210. The van der Waals surface area contributed by atoms with Gasteiger partial charge < -0.3 is 9.64 Å². The van der Waals surface area contributed by atoms with E-state index in [1.165, 1.54) is 15.7 Å². The highest BCUT2D eigenvalue weighted by atomic mass is 32.2. The van der Waals surface area contributed by atoms with E-state index in [0.29, 0.717) is 13.1 Å². The number of hydrogen-bond donors (Lipinski definition) is 0. The van der Waals surface area contributed by atoms with Gasteiger partial charge in [-0.05, 0) is 55.6 Å². The van der Waals surface area contributed by atoms with E-state index in [0.717, 1.165) is 13.1 Å². The molecule has 5 heteroatoms. The van der Waals surface area contributed by atoms with Crippen LogP contribution >= 0.6 is 11.9 Å². The largest absolute Gasteiger partial charge is 0.444 e. The monoisotopic (exact) mass is 344 g/mol. The van der Waals surface area contributed by atoms with Crippen molar-refractivity contribution in [2.75, 3.05) is 26.2 Å². The van der Waals surface area contributed by atoms with Crippen LogP contribution in [0.3, 0.4) is 0 Å². The lowest BCUT2D eigenvalue weighted by atomic mass is 10.1. The Morgan fingerprint density at radius 2 is 1.67 bits per heavy atom. The molecule has 1 saturated heterocycles. The Morgan fingerprint density at radius 1 is 1.00 bits per heavy atom. The number of nitrogens with zero attached hydrogens (tertiary/aromatic N) is 2. The molecule has 1 heterocycles. The average molecular weight is 344 g/mol. The number of hydrogen-bond acceptors (Lipinski definition) is 4. The third-order valence-corrected chi connectivity index (χ3v) is 4.93. The fourth-order valence-corrected chi connectivity index (χ4v) is 3.61. The van der Waals surface area contributed by atoms with Crippen molar-refractivity contribution >= 4 is 28.8 Å². The summed E-state index contributed by atoms with van der Waals surface area (Å²) in [6, 6.07) is 14.9. The van der Waals surface area contributed by atoms with Gasteiger partial charge >= 0.3 is 6.09 Å². The van der Waals surface area contributed by atoms with Gasteiger partial charge in [0.25, 0.3) is 0 Å². The Bertz CT molecular complexity index is 719. The molecule has 24 heavy (non-hydrogen) atoms. The van der Waals surface area contributed by atoms with E-state index in [1.54, 1.807) is 16.8 Å². The van der Waals surface area contributed by atoms with Gasteiger partial charge in [-0.3, -0.25) is 0 Å². The molecule has 0 aromatic heterocycles. The molecule has 0 spiro atoms. The van der Waals surface area contributed by atoms with Gasteiger partial charge in [0.15, 0.2) is 0 Å². The number of piperazine rings is 1. The van der Waals surface area contributed by atoms with Crippen molar-refractivity contribution in [3.05, 3.63) is 42.5 Å². The van der Waals surface area contributed by atoms with Crippen molar-refractivity contribution in [1.82, 2.24) is 9.21 Å². The van der Waals surface area contributed by atoms with Gasteiger partial charge in [-0.2, -0.15) is 0 Å². The quantitative estimate of drug-likeness (QED) is 0.756. The van der Waals surface area contributed by atoms with E-state index in [2.05, 4.69) is 46.8 Å². The van der Waals surface area contributed by atoms with E-state index in [9.17, 15) is 4.79 Å². The average Bonchev–Trinajstić information content (AvgIpc) is 2.54. The molecular weight excluding hydrogens is 320 g/mol. The maximum absolute atomic E-state index is 12.1. The summed E-state index contributed by atoms with van der Waals surface area (Å²) in [5, 5.41) is 2.52. The number of rotatable bonds is 2. The Morgan fingerprint density at radius 3 is 2.33 bits per heavy atom.